The van der Waals surface area contributed by atoms with E-state index in [0.29, 0.717) is 12.5 Å². The van der Waals surface area contributed by atoms with Crippen LogP contribution in [-0.2, 0) is 14.3 Å². The van der Waals surface area contributed by atoms with E-state index in [1.807, 2.05) is 38.1 Å². The van der Waals surface area contributed by atoms with Crippen molar-refractivity contribution in [3.8, 4) is 0 Å². The second-order valence-corrected chi connectivity index (χ2v) is 11.3. The monoisotopic (exact) mass is 521 g/mol. The van der Waals surface area contributed by atoms with Crippen LogP contribution in [0.4, 0.5) is 4.79 Å². The van der Waals surface area contributed by atoms with Gasteiger partial charge in [-0.25, -0.2) is 4.79 Å². The van der Waals surface area contributed by atoms with Gasteiger partial charge in [-0.05, 0) is 65.4 Å². The first kappa shape index (κ1) is 31.8. The van der Waals surface area contributed by atoms with Gasteiger partial charge in [-0.15, -0.1) is 0 Å². The number of aryl methyl sites for hydroxylation is 1. The summed E-state index contributed by atoms with van der Waals surface area (Å²) in [5, 5.41) is 5.69. The molecule has 0 spiro atoms. The molecule has 0 saturated carbocycles. The number of nitrogens with one attached hydrogen (secondary N) is 2. The number of hydrogen-bond acceptors (Lipinski definition) is 5. The molecule has 1 rings (SSSR count). The summed E-state index contributed by atoms with van der Waals surface area (Å²) in [6, 6.07) is 5.65. The van der Waals surface area contributed by atoms with Crippen molar-refractivity contribution in [2.75, 3.05) is 12.3 Å². The molecule has 204 valence electrons. The van der Waals surface area contributed by atoms with Crippen molar-refractivity contribution < 1.29 is 19.1 Å². The molecule has 0 aromatic heterocycles. The van der Waals surface area contributed by atoms with E-state index in [1.54, 1.807) is 25.7 Å². The second kappa shape index (κ2) is 15.1. The van der Waals surface area contributed by atoms with Crippen molar-refractivity contribution in [1.82, 2.24) is 15.5 Å². The van der Waals surface area contributed by atoms with Gasteiger partial charge in [-0.3, -0.25) is 9.59 Å². The molecule has 0 aliphatic carbocycles. The van der Waals surface area contributed by atoms with Gasteiger partial charge in [0, 0.05) is 18.3 Å². The van der Waals surface area contributed by atoms with E-state index < -0.39 is 23.8 Å². The first-order valence-electron chi connectivity index (χ1n) is 13.1. The number of carbonyl (C=O) groups is 3. The van der Waals surface area contributed by atoms with Crippen molar-refractivity contribution >= 4 is 30.5 Å². The van der Waals surface area contributed by atoms with Crippen molar-refractivity contribution in [3.63, 3.8) is 0 Å². The summed E-state index contributed by atoms with van der Waals surface area (Å²) < 4.78 is 5.38. The number of hydrogen-bond donors (Lipinski definition) is 3. The molecule has 0 saturated heterocycles. The standard InChI is InChI=1S/C28H47N3O4S/c1-9-10-17-29-25(32)24(22-15-12-20(4)13-16-22)31(21(5)14-11-19(2)3)26(33)23(18-36)30-27(34)35-28(6,7)8/h12-13,15-16,19,21,23-24,36H,9-11,14,17-18H2,1-8H3,(H,29,32)(H,30,34). The lowest BCUT2D eigenvalue weighted by atomic mass is 9.97. The van der Waals surface area contributed by atoms with Crippen molar-refractivity contribution in [3.05, 3.63) is 35.4 Å². The van der Waals surface area contributed by atoms with E-state index in [1.165, 1.54) is 0 Å². The van der Waals surface area contributed by atoms with E-state index in [0.717, 1.165) is 36.8 Å². The molecule has 0 radical (unpaired) electrons. The van der Waals surface area contributed by atoms with Gasteiger partial charge in [0.05, 0.1) is 0 Å². The molecule has 36 heavy (non-hydrogen) atoms. The quantitative estimate of drug-likeness (QED) is 0.239. The predicted molar refractivity (Wildman–Crippen MR) is 149 cm³/mol. The largest absolute Gasteiger partial charge is 0.444 e. The maximum atomic E-state index is 14.0. The molecule has 3 atom stereocenters. The van der Waals surface area contributed by atoms with E-state index in [2.05, 4.69) is 44.0 Å². The predicted octanol–water partition coefficient (Wildman–Crippen LogP) is 5.43. The molecule has 1 aromatic rings. The van der Waals surface area contributed by atoms with E-state index in [4.69, 9.17) is 4.74 Å². The van der Waals surface area contributed by atoms with Gasteiger partial charge < -0.3 is 20.3 Å². The van der Waals surface area contributed by atoms with Crippen molar-refractivity contribution in [1.29, 1.82) is 0 Å². The molecule has 3 unspecified atom stereocenters. The Morgan fingerprint density at radius 1 is 1.06 bits per heavy atom. The number of nitrogens with zero attached hydrogens (tertiary/aromatic N) is 1. The highest BCUT2D eigenvalue weighted by atomic mass is 32.1. The average molecular weight is 522 g/mol. The molecule has 8 heteroatoms. The van der Waals surface area contributed by atoms with E-state index >= 15 is 0 Å². The number of thiol groups is 1. The van der Waals surface area contributed by atoms with Gasteiger partial charge >= 0.3 is 6.09 Å². The zero-order valence-electron chi connectivity index (χ0n) is 23.4. The van der Waals surface area contributed by atoms with Crippen LogP contribution in [0.5, 0.6) is 0 Å². The van der Waals surface area contributed by atoms with Crippen LogP contribution in [0, 0.1) is 12.8 Å². The molecule has 0 aliphatic heterocycles. The summed E-state index contributed by atoms with van der Waals surface area (Å²) in [5.41, 5.74) is 1.09. The molecule has 0 heterocycles. The Kier molecular flexibility index (Phi) is 13.4. The Balaban J connectivity index is 3.45. The summed E-state index contributed by atoms with van der Waals surface area (Å²) in [7, 11) is 0. The van der Waals surface area contributed by atoms with Crippen LogP contribution in [0.2, 0.25) is 0 Å². The number of carbonyl (C=O) groups excluding carboxylic acids is 3. The number of benzene rings is 1. The summed E-state index contributed by atoms with van der Waals surface area (Å²) in [6.07, 6.45) is 2.73. The fourth-order valence-electron chi connectivity index (χ4n) is 3.80. The van der Waals surface area contributed by atoms with E-state index in [9.17, 15) is 14.4 Å². The average Bonchev–Trinajstić information content (AvgIpc) is 2.78. The number of amides is 3. The normalized spacial score (nSPS) is 14.1. The van der Waals surface area contributed by atoms with E-state index in [-0.39, 0.29) is 23.6 Å². The van der Waals surface area contributed by atoms with Crippen LogP contribution in [0.15, 0.2) is 24.3 Å². The number of alkyl carbamates (subject to hydrolysis) is 1. The van der Waals surface area contributed by atoms with Gasteiger partial charge in [0.15, 0.2) is 0 Å². The minimum absolute atomic E-state index is 0.0730. The zero-order valence-corrected chi connectivity index (χ0v) is 24.3. The molecule has 7 nitrogen and oxygen atoms in total. The van der Waals surface area contributed by atoms with Crippen LogP contribution >= 0.6 is 12.6 Å². The number of ether oxygens (including phenoxy) is 1. The van der Waals surface area contributed by atoms with Gasteiger partial charge in [0.1, 0.15) is 17.7 Å². The first-order valence-corrected chi connectivity index (χ1v) is 13.7. The summed E-state index contributed by atoms with van der Waals surface area (Å²) in [6.45, 7) is 16.1. The van der Waals surface area contributed by atoms with Crippen LogP contribution in [-0.4, -0.2) is 52.8 Å². The van der Waals surface area contributed by atoms with Crippen molar-refractivity contribution in [2.45, 2.75) is 105 Å². The van der Waals surface area contributed by atoms with Gasteiger partial charge in [-0.2, -0.15) is 12.6 Å². The van der Waals surface area contributed by atoms with Crippen LogP contribution in [0.25, 0.3) is 0 Å². The molecule has 1 aromatic carbocycles. The van der Waals surface area contributed by atoms with Gasteiger partial charge in [0.2, 0.25) is 11.8 Å². The Hall–Kier alpha value is -2.22. The lowest BCUT2D eigenvalue weighted by molar-refractivity contribution is -0.144. The smallest absolute Gasteiger partial charge is 0.408 e. The SMILES string of the molecule is CCCCNC(=O)C(c1ccc(C)cc1)N(C(=O)C(CS)NC(=O)OC(C)(C)C)C(C)CCC(C)C. The number of unbranched alkanes of at least 4 members (excludes halogenated alkanes) is 1. The first-order chi connectivity index (χ1) is 16.8. The zero-order chi connectivity index (χ0) is 27.5. The molecule has 2 N–H and O–H groups in total. The Morgan fingerprint density at radius 3 is 2.17 bits per heavy atom. The highest BCUT2D eigenvalue weighted by molar-refractivity contribution is 7.80. The molecule has 3 amide bonds. The van der Waals surface area contributed by atoms with Crippen LogP contribution in [0.3, 0.4) is 0 Å². The number of rotatable bonds is 13. The highest BCUT2D eigenvalue weighted by Gasteiger charge is 2.38. The fraction of sp³-hybridized carbons (Fsp3) is 0.679. The molecular weight excluding hydrogens is 474 g/mol. The third-order valence-corrected chi connectivity index (χ3v) is 6.18. The Bertz CT molecular complexity index is 836. The van der Waals surface area contributed by atoms with Crippen LogP contribution < -0.4 is 10.6 Å². The lowest BCUT2D eigenvalue weighted by Crippen LogP contribution is -2.56. The Labute approximate surface area is 223 Å². The third-order valence-electron chi connectivity index (χ3n) is 5.81. The lowest BCUT2D eigenvalue weighted by Gasteiger charge is -2.38. The van der Waals surface area contributed by atoms with Gasteiger partial charge in [-0.1, -0.05) is 57.0 Å². The topological polar surface area (TPSA) is 87.7 Å². The minimum Gasteiger partial charge on any atom is -0.444 e. The minimum atomic E-state index is -0.943. The molecule has 0 aliphatic rings. The molecule has 0 bridgehead atoms. The Morgan fingerprint density at radius 2 is 1.67 bits per heavy atom. The fourth-order valence-corrected chi connectivity index (χ4v) is 4.05. The highest BCUT2D eigenvalue weighted by Crippen LogP contribution is 2.28. The molecular formula is C28H47N3O4S. The van der Waals surface area contributed by atoms with Crippen molar-refractivity contribution in [2.24, 2.45) is 5.92 Å². The summed E-state index contributed by atoms with van der Waals surface area (Å²) >= 11 is 4.36. The molecule has 0 fully saturated rings. The maximum absolute atomic E-state index is 14.0. The third kappa shape index (κ3) is 10.8. The second-order valence-electron chi connectivity index (χ2n) is 10.9. The van der Waals surface area contributed by atoms with Gasteiger partial charge in [0.25, 0.3) is 0 Å². The maximum Gasteiger partial charge on any atom is 0.408 e. The summed E-state index contributed by atoms with van der Waals surface area (Å²) in [4.78, 5) is 41.7. The summed E-state index contributed by atoms with van der Waals surface area (Å²) in [5.74, 6) is -0.0689. The van der Waals surface area contributed by atoms with Crippen LogP contribution in [0.1, 0.15) is 91.3 Å².